The Morgan fingerprint density at radius 2 is 2.05 bits per heavy atom. The van der Waals surface area contributed by atoms with Crippen molar-refractivity contribution < 1.29 is 9.13 Å². The smallest absolute Gasteiger partial charge is 0.165 e. The molecule has 0 saturated heterocycles. The first-order valence-electron chi connectivity index (χ1n) is 6.90. The van der Waals surface area contributed by atoms with Crippen LogP contribution in [-0.2, 0) is 0 Å². The lowest BCUT2D eigenvalue weighted by molar-refractivity contribution is 0.385. The average Bonchev–Trinajstić information content (AvgIpc) is 2.48. The Morgan fingerprint density at radius 3 is 2.67 bits per heavy atom. The van der Waals surface area contributed by atoms with Crippen LogP contribution in [-0.4, -0.2) is 13.7 Å². The van der Waals surface area contributed by atoms with E-state index in [1.807, 2.05) is 12.1 Å². The van der Waals surface area contributed by atoms with Gasteiger partial charge in [0.05, 0.1) is 13.2 Å². The van der Waals surface area contributed by atoms with Gasteiger partial charge in [-0.1, -0.05) is 31.2 Å². The number of nitrogens with one attached hydrogen (secondary N) is 1. The third kappa shape index (κ3) is 3.55. The van der Waals surface area contributed by atoms with Crippen molar-refractivity contribution in [3.63, 3.8) is 0 Å². The lowest BCUT2D eigenvalue weighted by Crippen LogP contribution is -2.23. The maximum Gasteiger partial charge on any atom is 0.165 e. The number of hydrogen-bond donors (Lipinski definition) is 1. The highest BCUT2D eigenvalue weighted by Crippen LogP contribution is 2.30. The van der Waals surface area contributed by atoms with Gasteiger partial charge in [0.1, 0.15) is 0 Å². The number of aryl methyl sites for hydroxylation is 1. The van der Waals surface area contributed by atoms with Crippen molar-refractivity contribution in [1.82, 2.24) is 5.32 Å². The van der Waals surface area contributed by atoms with Crippen LogP contribution in [0.15, 0.2) is 36.4 Å². The number of benzene rings is 2. The van der Waals surface area contributed by atoms with Crippen molar-refractivity contribution in [2.75, 3.05) is 13.7 Å². The lowest BCUT2D eigenvalue weighted by Gasteiger charge is -2.21. The van der Waals surface area contributed by atoms with Crippen LogP contribution in [0.4, 0.5) is 4.39 Å². The molecule has 0 bridgehead atoms. The maximum atomic E-state index is 14.0. The minimum atomic E-state index is -0.333. The summed E-state index contributed by atoms with van der Waals surface area (Å²) in [6.07, 6.45) is 0. The van der Waals surface area contributed by atoms with Gasteiger partial charge in [-0.05, 0) is 64.9 Å². The molecule has 0 aliphatic heterocycles. The fourth-order valence-corrected chi connectivity index (χ4v) is 3.04. The predicted octanol–water partition coefficient (Wildman–Crippen LogP) is 4.45. The normalized spacial score (nSPS) is 12.2. The van der Waals surface area contributed by atoms with E-state index >= 15 is 0 Å². The van der Waals surface area contributed by atoms with Crippen molar-refractivity contribution in [3.8, 4) is 5.75 Å². The van der Waals surface area contributed by atoms with Crippen LogP contribution in [0.25, 0.3) is 0 Å². The quantitative estimate of drug-likeness (QED) is 0.751. The summed E-state index contributed by atoms with van der Waals surface area (Å²) in [5.74, 6) is -0.0616. The van der Waals surface area contributed by atoms with Crippen LogP contribution in [0.5, 0.6) is 5.75 Å². The lowest BCUT2D eigenvalue weighted by atomic mass is 9.97. The van der Waals surface area contributed by atoms with Gasteiger partial charge in [0.15, 0.2) is 11.6 Å². The van der Waals surface area contributed by atoms with E-state index in [1.54, 1.807) is 12.1 Å². The second-order valence-corrected chi connectivity index (χ2v) is 5.94. The van der Waals surface area contributed by atoms with Crippen molar-refractivity contribution in [2.45, 2.75) is 19.9 Å². The van der Waals surface area contributed by atoms with E-state index in [1.165, 1.54) is 21.8 Å². The van der Waals surface area contributed by atoms with Gasteiger partial charge in [-0.2, -0.15) is 0 Å². The van der Waals surface area contributed by atoms with Crippen LogP contribution in [0.2, 0.25) is 0 Å². The summed E-state index contributed by atoms with van der Waals surface area (Å²) in [6.45, 7) is 4.95. The third-order valence-corrected chi connectivity index (χ3v) is 4.92. The van der Waals surface area contributed by atoms with E-state index in [9.17, 15) is 4.39 Å². The monoisotopic (exact) mass is 399 g/mol. The van der Waals surface area contributed by atoms with Gasteiger partial charge in [-0.15, -0.1) is 0 Å². The zero-order valence-corrected chi connectivity index (χ0v) is 14.6. The molecule has 1 N–H and O–H groups in total. The second kappa shape index (κ2) is 7.22. The Bertz CT molecular complexity index is 630. The van der Waals surface area contributed by atoms with Gasteiger partial charge in [-0.25, -0.2) is 4.39 Å². The molecular formula is C17H19FINO. The molecule has 2 aromatic rings. The number of methoxy groups -OCH3 is 1. The van der Waals surface area contributed by atoms with E-state index < -0.39 is 0 Å². The molecule has 112 valence electrons. The number of hydrogen-bond acceptors (Lipinski definition) is 2. The summed E-state index contributed by atoms with van der Waals surface area (Å²) in [6, 6.07) is 11.3. The molecule has 0 aromatic heterocycles. The number of ether oxygens (including phenoxy) is 1. The van der Waals surface area contributed by atoms with E-state index in [2.05, 4.69) is 53.9 Å². The van der Waals surface area contributed by atoms with Gasteiger partial charge in [-0.3, -0.25) is 0 Å². The molecule has 1 atom stereocenters. The zero-order valence-electron chi connectivity index (χ0n) is 12.4. The molecule has 0 fully saturated rings. The highest BCUT2D eigenvalue weighted by molar-refractivity contribution is 14.1. The molecule has 0 amide bonds. The van der Waals surface area contributed by atoms with Crippen LogP contribution in [0.1, 0.15) is 29.7 Å². The van der Waals surface area contributed by atoms with E-state index in [0.717, 1.165) is 12.1 Å². The molecule has 2 aromatic carbocycles. The summed E-state index contributed by atoms with van der Waals surface area (Å²) in [4.78, 5) is 0. The summed E-state index contributed by atoms with van der Waals surface area (Å²) >= 11 is 2.35. The summed E-state index contributed by atoms with van der Waals surface area (Å²) in [5.41, 5.74) is 3.30. The van der Waals surface area contributed by atoms with Crippen molar-refractivity contribution in [2.24, 2.45) is 0 Å². The van der Waals surface area contributed by atoms with Crippen molar-refractivity contribution in [1.29, 1.82) is 0 Å². The summed E-state index contributed by atoms with van der Waals surface area (Å²) in [5, 5.41) is 3.44. The fourth-order valence-electron chi connectivity index (χ4n) is 2.37. The zero-order chi connectivity index (χ0) is 15.4. The molecule has 2 rings (SSSR count). The van der Waals surface area contributed by atoms with Gasteiger partial charge >= 0.3 is 0 Å². The Balaban J connectivity index is 2.48. The largest absolute Gasteiger partial charge is 0.494 e. The minimum absolute atomic E-state index is 0.0257. The molecule has 0 aliphatic rings. The first-order valence-corrected chi connectivity index (χ1v) is 7.98. The summed E-state index contributed by atoms with van der Waals surface area (Å²) < 4.78 is 20.2. The predicted molar refractivity (Wildman–Crippen MR) is 92.4 cm³/mol. The average molecular weight is 399 g/mol. The van der Waals surface area contributed by atoms with E-state index in [4.69, 9.17) is 4.74 Å². The molecule has 4 heteroatoms. The molecule has 21 heavy (non-hydrogen) atoms. The highest BCUT2D eigenvalue weighted by atomic mass is 127. The minimum Gasteiger partial charge on any atom is -0.494 e. The standard InChI is InChI=1S/C17H19FINO/c1-4-20-17(13-7-5-6-11(2)16(13)19)12-8-9-15(21-3)14(18)10-12/h5-10,17,20H,4H2,1-3H3. The Hall–Kier alpha value is -1.14. The molecule has 1 unspecified atom stereocenters. The second-order valence-electron chi connectivity index (χ2n) is 4.86. The molecule has 0 radical (unpaired) electrons. The van der Waals surface area contributed by atoms with Crippen molar-refractivity contribution in [3.05, 3.63) is 62.5 Å². The number of rotatable bonds is 5. The first kappa shape index (κ1) is 16.2. The van der Waals surface area contributed by atoms with Gasteiger partial charge < -0.3 is 10.1 Å². The molecule has 2 nitrogen and oxygen atoms in total. The first-order chi connectivity index (χ1) is 10.1. The van der Waals surface area contributed by atoms with Gasteiger partial charge in [0.25, 0.3) is 0 Å². The van der Waals surface area contributed by atoms with Crippen LogP contribution in [0, 0.1) is 16.3 Å². The Morgan fingerprint density at radius 1 is 1.29 bits per heavy atom. The number of halogens is 2. The van der Waals surface area contributed by atoms with Crippen LogP contribution >= 0.6 is 22.6 Å². The Kier molecular flexibility index (Phi) is 5.58. The van der Waals surface area contributed by atoms with Crippen molar-refractivity contribution >= 4 is 22.6 Å². The summed E-state index contributed by atoms with van der Waals surface area (Å²) in [7, 11) is 1.48. The highest BCUT2D eigenvalue weighted by Gasteiger charge is 2.18. The van der Waals surface area contributed by atoms with Crippen LogP contribution < -0.4 is 10.1 Å². The molecular weight excluding hydrogens is 380 g/mol. The SMILES string of the molecule is CCNC(c1ccc(OC)c(F)c1)c1cccc(C)c1I. The third-order valence-electron chi connectivity index (χ3n) is 3.45. The van der Waals surface area contributed by atoms with Gasteiger partial charge in [0.2, 0.25) is 0 Å². The van der Waals surface area contributed by atoms with Crippen LogP contribution in [0.3, 0.4) is 0 Å². The maximum absolute atomic E-state index is 14.0. The topological polar surface area (TPSA) is 21.3 Å². The van der Waals surface area contributed by atoms with E-state index in [-0.39, 0.29) is 17.6 Å². The fraction of sp³-hybridized carbons (Fsp3) is 0.294. The Labute approximate surface area is 138 Å². The molecule has 0 aliphatic carbocycles. The molecule has 0 spiro atoms. The van der Waals surface area contributed by atoms with Gasteiger partial charge in [0, 0.05) is 3.57 Å². The van der Waals surface area contributed by atoms with E-state index in [0.29, 0.717) is 0 Å². The molecule has 0 heterocycles. The molecule has 0 saturated carbocycles.